The average Bonchev–Trinajstić information content (AvgIpc) is 2.75. The molecule has 0 bridgehead atoms. The van der Waals surface area contributed by atoms with Crippen LogP contribution < -0.4 is 9.47 Å². The van der Waals surface area contributed by atoms with E-state index < -0.39 is 0 Å². The van der Waals surface area contributed by atoms with Crippen molar-refractivity contribution in [2.75, 3.05) is 0 Å². The minimum Gasteiger partial charge on any atom is -0.457 e. The third-order valence-electron chi connectivity index (χ3n) is 4.98. The Labute approximate surface area is 169 Å². The molecule has 0 unspecified atom stereocenters. The van der Waals surface area contributed by atoms with E-state index in [2.05, 4.69) is 0 Å². The Balaban J connectivity index is 1.44. The monoisotopic (exact) mass is 378 g/mol. The summed E-state index contributed by atoms with van der Waals surface area (Å²) in [5, 5.41) is 0. The van der Waals surface area contributed by atoms with Gasteiger partial charge in [0.15, 0.2) is 5.78 Å². The molecule has 29 heavy (non-hydrogen) atoms. The lowest BCUT2D eigenvalue weighted by molar-refractivity contribution is 0.103. The van der Waals surface area contributed by atoms with Crippen LogP contribution in [0.15, 0.2) is 97.1 Å². The third kappa shape index (κ3) is 3.50. The van der Waals surface area contributed by atoms with E-state index in [4.69, 9.17) is 9.47 Å². The van der Waals surface area contributed by atoms with Crippen molar-refractivity contribution < 1.29 is 14.3 Å². The molecule has 0 radical (unpaired) electrons. The van der Waals surface area contributed by atoms with E-state index >= 15 is 0 Å². The van der Waals surface area contributed by atoms with E-state index in [1.165, 1.54) is 0 Å². The molecule has 3 heteroatoms. The fourth-order valence-electron chi connectivity index (χ4n) is 3.60. The van der Waals surface area contributed by atoms with Crippen molar-refractivity contribution in [3.05, 3.63) is 119 Å². The van der Waals surface area contributed by atoms with E-state index in [-0.39, 0.29) is 5.78 Å². The highest BCUT2D eigenvalue weighted by Crippen LogP contribution is 2.34. The van der Waals surface area contributed by atoms with Crippen molar-refractivity contribution >= 4 is 5.78 Å². The highest BCUT2D eigenvalue weighted by molar-refractivity contribution is 6.12. The number of ketones is 1. The molecule has 0 atom stereocenters. The van der Waals surface area contributed by atoms with Gasteiger partial charge >= 0.3 is 0 Å². The van der Waals surface area contributed by atoms with Gasteiger partial charge in [-0.05, 0) is 78.2 Å². The summed E-state index contributed by atoms with van der Waals surface area (Å²) in [6.45, 7) is 0. The van der Waals surface area contributed by atoms with Gasteiger partial charge in [-0.15, -0.1) is 0 Å². The van der Waals surface area contributed by atoms with Crippen LogP contribution in [0.1, 0.15) is 27.0 Å². The molecule has 1 aliphatic carbocycles. The zero-order valence-corrected chi connectivity index (χ0v) is 15.7. The molecule has 3 nitrogen and oxygen atoms in total. The number of hydrogen-bond donors (Lipinski definition) is 0. The van der Waals surface area contributed by atoms with Crippen LogP contribution in [0.4, 0.5) is 0 Å². The second kappa shape index (κ2) is 7.28. The summed E-state index contributed by atoms with van der Waals surface area (Å²) in [6.07, 6.45) is 0.661. The molecule has 0 fully saturated rings. The van der Waals surface area contributed by atoms with Crippen molar-refractivity contribution in [1.29, 1.82) is 0 Å². The lowest BCUT2D eigenvalue weighted by Gasteiger charge is -2.20. The molecular weight excluding hydrogens is 360 g/mol. The maximum atomic E-state index is 13.0. The summed E-state index contributed by atoms with van der Waals surface area (Å²) in [6, 6.07) is 30.6. The van der Waals surface area contributed by atoms with E-state index in [0.29, 0.717) is 6.42 Å². The standard InChI is InChI=1S/C26H18O3/c27-26-24-13-11-22(28-20-7-3-1-4-8-20)16-18(24)15-19-17-23(12-14-25(19)26)29-21-9-5-2-6-10-21/h1-14,16-17H,15H2. The fourth-order valence-corrected chi connectivity index (χ4v) is 3.60. The van der Waals surface area contributed by atoms with Crippen LogP contribution in [0, 0.1) is 0 Å². The molecule has 0 saturated heterocycles. The summed E-state index contributed by atoms with van der Waals surface area (Å²) in [7, 11) is 0. The van der Waals surface area contributed by atoms with Crippen LogP contribution in [0.5, 0.6) is 23.0 Å². The Morgan fingerprint density at radius 3 is 1.41 bits per heavy atom. The zero-order chi connectivity index (χ0) is 19.6. The minimum atomic E-state index is 0.0405. The van der Waals surface area contributed by atoms with Crippen molar-refractivity contribution in [2.24, 2.45) is 0 Å². The topological polar surface area (TPSA) is 35.5 Å². The Bertz CT molecular complexity index is 1090. The van der Waals surface area contributed by atoms with Crippen LogP contribution >= 0.6 is 0 Å². The number of carbonyl (C=O) groups excluding carboxylic acids is 1. The molecule has 5 rings (SSSR count). The van der Waals surface area contributed by atoms with E-state index in [9.17, 15) is 4.79 Å². The molecule has 0 aliphatic heterocycles. The first kappa shape index (κ1) is 17.3. The number of hydrogen-bond acceptors (Lipinski definition) is 3. The van der Waals surface area contributed by atoms with Gasteiger partial charge in [0.1, 0.15) is 23.0 Å². The van der Waals surface area contributed by atoms with Gasteiger partial charge in [0.05, 0.1) is 0 Å². The Morgan fingerprint density at radius 1 is 0.517 bits per heavy atom. The molecule has 140 valence electrons. The Morgan fingerprint density at radius 2 is 0.966 bits per heavy atom. The maximum absolute atomic E-state index is 13.0. The van der Waals surface area contributed by atoms with Crippen LogP contribution in [-0.2, 0) is 6.42 Å². The highest BCUT2D eigenvalue weighted by Gasteiger charge is 2.24. The normalized spacial score (nSPS) is 12.1. The fraction of sp³-hybridized carbons (Fsp3) is 0.0385. The first-order chi connectivity index (χ1) is 14.3. The molecule has 0 N–H and O–H groups in total. The molecule has 0 amide bonds. The zero-order valence-electron chi connectivity index (χ0n) is 15.7. The predicted molar refractivity (Wildman–Crippen MR) is 112 cm³/mol. The van der Waals surface area contributed by atoms with Gasteiger partial charge < -0.3 is 9.47 Å². The Kier molecular flexibility index (Phi) is 4.34. The summed E-state index contributed by atoms with van der Waals surface area (Å²) in [5.74, 6) is 3.03. The predicted octanol–water partition coefficient (Wildman–Crippen LogP) is 6.41. The summed E-state index contributed by atoms with van der Waals surface area (Å²) < 4.78 is 11.9. The summed E-state index contributed by atoms with van der Waals surface area (Å²) in [4.78, 5) is 13.0. The summed E-state index contributed by atoms with van der Waals surface area (Å²) >= 11 is 0. The number of rotatable bonds is 4. The van der Waals surface area contributed by atoms with Crippen LogP contribution in [-0.4, -0.2) is 5.78 Å². The first-order valence-electron chi connectivity index (χ1n) is 9.53. The highest BCUT2D eigenvalue weighted by atomic mass is 16.5. The molecular formula is C26H18O3. The van der Waals surface area contributed by atoms with Gasteiger partial charge in [0, 0.05) is 11.1 Å². The van der Waals surface area contributed by atoms with Gasteiger partial charge in [-0.1, -0.05) is 36.4 Å². The van der Waals surface area contributed by atoms with E-state index in [1.54, 1.807) is 0 Å². The van der Waals surface area contributed by atoms with Crippen LogP contribution in [0.25, 0.3) is 0 Å². The number of benzene rings is 4. The second-order valence-electron chi connectivity index (χ2n) is 6.97. The van der Waals surface area contributed by atoms with Crippen molar-refractivity contribution in [2.45, 2.75) is 6.42 Å². The Hall–Kier alpha value is -3.85. The number of para-hydroxylation sites is 2. The van der Waals surface area contributed by atoms with E-state index in [0.717, 1.165) is 45.3 Å². The SMILES string of the molecule is O=C1c2ccc(Oc3ccccc3)cc2Cc2cc(Oc3ccccc3)ccc21. The number of carbonyl (C=O) groups is 1. The first-order valence-corrected chi connectivity index (χ1v) is 9.53. The molecule has 4 aromatic carbocycles. The molecule has 0 heterocycles. The number of ether oxygens (including phenoxy) is 2. The van der Waals surface area contributed by atoms with E-state index in [1.807, 2.05) is 97.1 Å². The molecule has 0 aromatic heterocycles. The largest absolute Gasteiger partial charge is 0.457 e. The molecule has 4 aromatic rings. The molecule has 0 spiro atoms. The second-order valence-corrected chi connectivity index (χ2v) is 6.97. The maximum Gasteiger partial charge on any atom is 0.193 e. The smallest absolute Gasteiger partial charge is 0.193 e. The third-order valence-corrected chi connectivity index (χ3v) is 4.98. The van der Waals surface area contributed by atoms with Crippen molar-refractivity contribution in [3.8, 4) is 23.0 Å². The van der Waals surface area contributed by atoms with Gasteiger partial charge in [0.2, 0.25) is 0 Å². The van der Waals surface area contributed by atoms with Crippen LogP contribution in [0.3, 0.4) is 0 Å². The van der Waals surface area contributed by atoms with Gasteiger partial charge in [-0.25, -0.2) is 0 Å². The van der Waals surface area contributed by atoms with Gasteiger partial charge in [-0.2, -0.15) is 0 Å². The lowest BCUT2D eigenvalue weighted by Crippen LogP contribution is -2.15. The van der Waals surface area contributed by atoms with Crippen molar-refractivity contribution in [3.63, 3.8) is 0 Å². The minimum absolute atomic E-state index is 0.0405. The molecule has 1 aliphatic rings. The van der Waals surface area contributed by atoms with Crippen molar-refractivity contribution in [1.82, 2.24) is 0 Å². The number of fused-ring (bicyclic) bond motifs is 2. The molecule has 0 saturated carbocycles. The van der Waals surface area contributed by atoms with Gasteiger partial charge in [-0.3, -0.25) is 4.79 Å². The van der Waals surface area contributed by atoms with Crippen LogP contribution in [0.2, 0.25) is 0 Å². The quantitative estimate of drug-likeness (QED) is 0.363. The average molecular weight is 378 g/mol. The van der Waals surface area contributed by atoms with Gasteiger partial charge in [0.25, 0.3) is 0 Å². The summed E-state index contributed by atoms with van der Waals surface area (Å²) in [5.41, 5.74) is 3.39. The lowest BCUT2D eigenvalue weighted by atomic mass is 9.85.